The number of fused-ring (bicyclic) bond motifs is 5. The average Bonchev–Trinajstić information content (AvgIpc) is 3.35. The van der Waals surface area contributed by atoms with E-state index < -0.39 is 0 Å². The Morgan fingerprint density at radius 1 is 1.26 bits per heavy atom. The number of thiophene rings is 1. The normalized spacial score (nSPS) is 16.5. The molecule has 0 N–H and O–H groups in total. The Kier molecular flexibility index (Phi) is 5.62. The van der Waals surface area contributed by atoms with Gasteiger partial charge in [-0.2, -0.15) is 0 Å². The number of hydrogen-bond acceptors (Lipinski definition) is 6. The molecule has 5 rings (SSSR count). The van der Waals surface area contributed by atoms with Crippen LogP contribution >= 0.6 is 23.1 Å². The molecule has 6 nitrogen and oxygen atoms in total. The van der Waals surface area contributed by atoms with E-state index in [1.807, 2.05) is 22.8 Å². The number of aromatic nitrogens is 4. The lowest BCUT2D eigenvalue weighted by Crippen LogP contribution is -2.29. The third-order valence-corrected chi connectivity index (χ3v) is 7.91. The van der Waals surface area contributed by atoms with Crippen LogP contribution in [-0.2, 0) is 30.7 Å². The molecule has 1 aliphatic rings. The Balaban J connectivity index is 1.71. The molecule has 162 valence electrons. The molecule has 0 saturated carbocycles. The number of nitrogens with zero attached hydrogens (tertiary/aromatic N) is 4. The van der Waals surface area contributed by atoms with Crippen LogP contribution in [0, 0.1) is 5.92 Å². The van der Waals surface area contributed by atoms with Gasteiger partial charge in [0, 0.05) is 17.8 Å². The zero-order valence-corrected chi connectivity index (χ0v) is 19.6. The molecule has 31 heavy (non-hydrogen) atoms. The Labute approximate surface area is 189 Å². The molecule has 0 spiro atoms. The molecule has 0 amide bonds. The van der Waals surface area contributed by atoms with Crippen molar-refractivity contribution in [3.63, 3.8) is 0 Å². The number of ether oxygens (including phenoxy) is 1. The van der Waals surface area contributed by atoms with Crippen LogP contribution in [0.5, 0.6) is 0 Å². The van der Waals surface area contributed by atoms with E-state index in [0.29, 0.717) is 24.8 Å². The minimum Gasteiger partial charge on any atom is -0.372 e. The summed E-state index contributed by atoms with van der Waals surface area (Å²) in [4.78, 5) is 15.9. The van der Waals surface area contributed by atoms with Crippen molar-refractivity contribution in [1.29, 1.82) is 0 Å². The standard InChI is InChI=1S/C23H26N4O2S2/c1-4-30-23-25-24-22-26(11-10-15-8-6-5-7-9-15)20(28)19-16-12-17(14(2)3)29-13-18(16)31-21(19)27(22)23/h5-9,14,17H,4,10-13H2,1-3H3/t17-/m0/s1. The molecular formula is C23H26N4O2S2. The zero-order valence-electron chi connectivity index (χ0n) is 18.0. The maximum absolute atomic E-state index is 13.8. The van der Waals surface area contributed by atoms with Crippen molar-refractivity contribution in [1.82, 2.24) is 19.2 Å². The number of benzene rings is 1. The van der Waals surface area contributed by atoms with Gasteiger partial charge in [0.05, 0.1) is 18.1 Å². The highest BCUT2D eigenvalue weighted by Crippen LogP contribution is 2.37. The molecule has 0 unspecified atom stereocenters. The second-order valence-electron chi connectivity index (χ2n) is 8.22. The second kappa shape index (κ2) is 8.41. The predicted molar refractivity (Wildman–Crippen MR) is 126 cm³/mol. The van der Waals surface area contributed by atoms with E-state index in [-0.39, 0.29) is 11.7 Å². The van der Waals surface area contributed by atoms with Gasteiger partial charge in [-0.15, -0.1) is 21.5 Å². The first kappa shape index (κ1) is 20.7. The third kappa shape index (κ3) is 3.60. The highest BCUT2D eigenvalue weighted by Gasteiger charge is 2.29. The fraction of sp³-hybridized carbons (Fsp3) is 0.435. The van der Waals surface area contributed by atoms with Crippen molar-refractivity contribution >= 4 is 39.1 Å². The summed E-state index contributed by atoms with van der Waals surface area (Å²) in [7, 11) is 0. The van der Waals surface area contributed by atoms with Crippen LogP contribution in [0.15, 0.2) is 40.3 Å². The molecule has 1 aliphatic heterocycles. The fourth-order valence-corrected chi connectivity index (χ4v) is 6.19. The van der Waals surface area contributed by atoms with Crippen LogP contribution in [0.1, 0.15) is 36.8 Å². The summed E-state index contributed by atoms with van der Waals surface area (Å²) in [5, 5.41) is 10.5. The van der Waals surface area contributed by atoms with Gasteiger partial charge in [0.1, 0.15) is 4.83 Å². The topological polar surface area (TPSA) is 61.4 Å². The molecular weight excluding hydrogens is 428 g/mol. The first-order valence-corrected chi connectivity index (χ1v) is 12.6. The predicted octanol–water partition coefficient (Wildman–Crippen LogP) is 4.56. The Morgan fingerprint density at radius 3 is 2.81 bits per heavy atom. The van der Waals surface area contributed by atoms with E-state index in [4.69, 9.17) is 4.74 Å². The van der Waals surface area contributed by atoms with Crippen molar-refractivity contribution < 1.29 is 4.74 Å². The van der Waals surface area contributed by atoms with Crippen molar-refractivity contribution in [3.05, 3.63) is 56.7 Å². The Hall–Kier alpha value is -2.16. The minimum absolute atomic E-state index is 0.0424. The van der Waals surface area contributed by atoms with Gasteiger partial charge in [-0.25, -0.2) is 4.40 Å². The first-order chi connectivity index (χ1) is 15.1. The maximum Gasteiger partial charge on any atom is 0.263 e. The molecule has 1 aromatic carbocycles. The van der Waals surface area contributed by atoms with Crippen LogP contribution < -0.4 is 5.56 Å². The molecule has 8 heteroatoms. The number of thioether (sulfide) groups is 1. The van der Waals surface area contributed by atoms with Crippen LogP contribution in [0.2, 0.25) is 0 Å². The Bertz CT molecular complexity index is 1290. The molecule has 4 aromatic rings. The number of aryl methyl sites for hydroxylation is 2. The van der Waals surface area contributed by atoms with Gasteiger partial charge >= 0.3 is 0 Å². The van der Waals surface area contributed by atoms with Gasteiger partial charge in [-0.05, 0) is 29.2 Å². The van der Waals surface area contributed by atoms with Gasteiger partial charge in [0.25, 0.3) is 5.56 Å². The summed E-state index contributed by atoms with van der Waals surface area (Å²) < 4.78 is 10.00. The van der Waals surface area contributed by atoms with E-state index in [9.17, 15) is 4.79 Å². The largest absolute Gasteiger partial charge is 0.372 e. The van der Waals surface area contributed by atoms with Gasteiger partial charge < -0.3 is 4.74 Å². The van der Waals surface area contributed by atoms with Crippen molar-refractivity contribution in [3.8, 4) is 0 Å². The molecule has 1 atom stereocenters. The van der Waals surface area contributed by atoms with Crippen LogP contribution in [0.3, 0.4) is 0 Å². The highest BCUT2D eigenvalue weighted by molar-refractivity contribution is 7.99. The lowest BCUT2D eigenvalue weighted by molar-refractivity contribution is 0.00200. The minimum atomic E-state index is 0.0424. The van der Waals surface area contributed by atoms with Crippen molar-refractivity contribution in [2.24, 2.45) is 5.92 Å². The molecule has 3 aromatic heterocycles. The first-order valence-electron chi connectivity index (χ1n) is 10.8. The highest BCUT2D eigenvalue weighted by atomic mass is 32.2. The molecule has 0 bridgehead atoms. The van der Waals surface area contributed by atoms with Gasteiger partial charge in [-0.1, -0.05) is 62.9 Å². The monoisotopic (exact) mass is 454 g/mol. The number of hydrogen-bond donors (Lipinski definition) is 0. The SMILES string of the molecule is CCSc1nnc2n(CCc3ccccc3)c(=O)c3c4c(sc3n12)CO[C@H](C(C)C)C4. The van der Waals surface area contributed by atoms with Crippen LogP contribution in [0.25, 0.3) is 16.0 Å². The maximum atomic E-state index is 13.8. The van der Waals surface area contributed by atoms with Gasteiger partial charge in [0.15, 0.2) is 5.16 Å². The van der Waals surface area contributed by atoms with E-state index in [2.05, 4.69) is 47.5 Å². The van der Waals surface area contributed by atoms with Gasteiger partial charge in [-0.3, -0.25) is 9.36 Å². The quantitative estimate of drug-likeness (QED) is 0.400. The van der Waals surface area contributed by atoms with Crippen LogP contribution in [-0.4, -0.2) is 31.0 Å². The molecule has 0 fully saturated rings. The molecule has 4 heterocycles. The van der Waals surface area contributed by atoms with E-state index in [0.717, 1.165) is 44.4 Å². The van der Waals surface area contributed by atoms with Crippen molar-refractivity contribution in [2.75, 3.05) is 5.75 Å². The second-order valence-corrected chi connectivity index (χ2v) is 10.5. The van der Waals surface area contributed by atoms with Gasteiger partial charge in [0.2, 0.25) is 5.78 Å². The Morgan fingerprint density at radius 2 is 2.06 bits per heavy atom. The van der Waals surface area contributed by atoms with Crippen LogP contribution in [0.4, 0.5) is 0 Å². The number of rotatable bonds is 6. The van der Waals surface area contributed by atoms with E-state index in [1.165, 1.54) is 5.56 Å². The molecule has 0 saturated heterocycles. The summed E-state index contributed by atoms with van der Waals surface area (Å²) in [5.41, 5.74) is 2.41. The summed E-state index contributed by atoms with van der Waals surface area (Å²) in [6.45, 7) is 7.61. The van der Waals surface area contributed by atoms with E-state index in [1.54, 1.807) is 23.1 Å². The summed E-state index contributed by atoms with van der Waals surface area (Å²) in [6.07, 6.45) is 1.70. The summed E-state index contributed by atoms with van der Waals surface area (Å²) in [5.74, 6) is 1.94. The summed E-state index contributed by atoms with van der Waals surface area (Å²) >= 11 is 3.31. The van der Waals surface area contributed by atoms with E-state index >= 15 is 0 Å². The lowest BCUT2D eigenvalue weighted by atomic mass is 9.96. The molecule has 0 aliphatic carbocycles. The lowest BCUT2D eigenvalue weighted by Gasteiger charge is -2.26. The fourth-order valence-electron chi connectivity index (χ4n) is 4.23. The smallest absolute Gasteiger partial charge is 0.263 e. The van der Waals surface area contributed by atoms with Crippen molar-refractivity contribution in [2.45, 2.75) is 58.0 Å². The third-order valence-electron chi connectivity index (χ3n) is 5.91. The summed E-state index contributed by atoms with van der Waals surface area (Å²) in [6, 6.07) is 10.3. The zero-order chi connectivity index (χ0) is 21.5. The average molecular weight is 455 g/mol. The molecule has 0 radical (unpaired) electrons.